The number of fused-ring (bicyclic) bond motifs is 1. The zero-order chi connectivity index (χ0) is 13.4. The molecule has 0 unspecified atom stereocenters. The Labute approximate surface area is 109 Å². The monoisotopic (exact) mass is 263 g/mol. The summed E-state index contributed by atoms with van der Waals surface area (Å²) in [6.07, 6.45) is 1.66. The summed E-state index contributed by atoms with van der Waals surface area (Å²) in [6.45, 7) is 0.546. The second-order valence-corrected chi connectivity index (χ2v) is 4.75. The second kappa shape index (κ2) is 4.66. The van der Waals surface area contributed by atoms with Gasteiger partial charge in [-0.1, -0.05) is 12.1 Å². The number of halogens is 1. The number of aliphatic hydroxyl groups is 1. The molecular weight excluding hydrogens is 249 g/mol. The Morgan fingerprint density at radius 3 is 3.11 bits per heavy atom. The van der Waals surface area contributed by atoms with E-state index in [1.165, 1.54) is 6.07 Å². The Morgan fingerprint density at radius 2 is 2.37 bits per heavy atom. The van der Waals surface area contributed by atoms with E-state index in [2.05, 4.69) is 0 Å². The van der Waals surface area contributed by atoms with Gasteiger partial charge in [0.15, 0.2) is 17.2 Å². The Morgan fingerprint density at radius 1 is 1.53 bits per heavy atom. The molecule has 19 heavy (non-hydrogen) atoms. The lowest BCUT2D eigenvalue weighted by atomic mass is 10.2. The highest BCUT2D eigenvalue weighted by atomic mass is 19.1. The van der Waals surface area contributed by atoms with Gasteiger partial charge in [-0.25, -0.2) is 4.39 Å². The molecule has 1 atom stereocenters. The van der Waals surface area contributed by atoms with Crippen molar-refractivity contribution in [2.45, 2.75) is 18.9 Å². The molecule has 1 aliphatic rings. The van der Waals surface area contributed by atoms with Gasteiger partial charge >= 0.3 is 0 Å². The van der Waals surface area contributed by atoms with Gasteiger partial charge in [0.2, 0.25) is 0 Å². The molecule has 1 N–H and O–H groups in total. The van der Waals surface area contributed by atoms with E-state index in [4.69, 9.17) is 4.42 Å². The van der Waals surface area contributed by atoms with E-state index in [0.717, 1.165) is 12.8 Å². The normalized spacial score (nSPS) is 19.3. The van der Waals surface area contributed by atoms with Crippen molar-refractivity contribution >= 4 is 16.9 Å². The summed E-state index contributed by atoms with van der Waals surface area (Å²) in [5, 5.41) is 9.80. The number of nitrogens with zero attached hydrogens (tertiary/aromatic N) is 1. The summed E-state index contributed by atoms with van der Waals surface area (Å²) in [7, 11) is 0. The van der Waals surface area contributed by atoms with Crippen LogP contribution in [0.25, 0.3) is 11.0 Å². The Kier molecular flexibility index (Phi) is 2.98. The molecule has 0 spiro atoms. The fourth-order valence-electron chi connectivity index (χ4n) is 2.57. The van der Waals surface area contributed by atoms with E-state index in [-0.39, 0.29) is 29.9 Å². The van der Waals surface area contributed by atoms with Crippen LogP contribution in [0.15, 0.2) is 28.7 Å². The van der Waals surface area contributed by atoms with Crippen molar-refractivity contribution in [2.75, 3.05) is 13.2 Å². The van der Waals surface area contributed by atoms with Gasteiger partial charge in [0, 0.05) is 11.9 Å². The first-order valence-electron chi connectivity index (χ1n) is 6.30. The summed E-state index contributed by atoms with van der Waals surface area (Å²) in [4.78, 5) is 13.9. The van der Waals surface area contributed by atoms with Gasteiger partial charge < -0.3 is 14.4 Å². The number of furan rings is 1. The van der Waals surface area contributed by atoms with Gasteiger partial charge in [-0.05, 0) is 25.0 Å². The maximum Gasteiger partial charge on any atom is 0.289 e. The SMILES string of the molecule is O=C(c1cc2cccc(F)c2o1)N1CCC[C@@H]1CO. The average Bonchev–Trinajstić information content (AvgIpc) is 3.04. The predicted octanol–water partition coefficient (Wildman–Crippen LogP) is 2.17. The molecule has 4 nitrogen and oxygen atoms in total. The highest BCUT2D eigenvalue weighted by Crippen LogP contribution is 2.25. The lowest BCUT2D eigenvalue weighted by Gasteiger charge is -2.21. The van der Waals surface area contributed by atoms with Gasteiger partial charge in [-0.15, -0.1) is 0 Å². The van der Waals surface area contributed by atoms with Crippen LogP contribution >= 0.6 is 0 Å². The van der Waals surface area contributed by atoms with Crippen LogP contribution in [0.1, 0.15) is 23.4 Å². The van der Waals surface area contributed by atoms with Crippen molar-refractivity contribution in [1.29, 1.82) is 0 Å². The molecule has 2 aromatic rings. The number of aliphatic hydroxyl groups excluding tert-OH is 1. The lowest BCUT2D eigenvalue weighted by molar-refractivity contribution is 0.0648. The van der Waals surface area contributed by atoms with Gasteiger partial charge in [-0.3, -0.25) is 4.79 Å². The summed E-state index contributed by atoms with van der Waals surface area (Å²) < 4.78 is 18.8. The number of para-hydroxylation sites is 1. The van der Waals surface area contributed by atoms with Crippen molar-refractivity contribution in [3.8, 4) is 0 Å². The molecule has 0 bridgehead atoms. The fraction of sp³-hybridized carbons (Fsp3) is 0.357. The topological polar surface area (TPSA) is 53.7 Å². The van der Waals surface area contributed by atoms with E-state index < -0.39 is 5.82 Å². The smallest absolute Gasteiger partial charge is 0.289 e. The first-order chi connectivity index (χ1) is 9.20. The van der Waals surface area contributed by atoms with Gasteiger partial charge in [0.1, 0.15) is 0 Å². The van der Waals surface area contributed by atoms with Crippen molar-refractivity contribution in [2.24, 2.45) is 0 Å². The van der Waals surface area contributed by atoms with Crippen LogP contribution in [0, 0.1) is 5.82 Å². The first-order valence-corrected chi connectivity index (χ1v) is 6.30. The molecule has 0 radical (unpaired) electrons. The highest BCUT2D eigenvalue weighted by Gasteiger charge is 2.30. The lowest BCUT2D eigenvalue weighted by Crippen LogP contribution is -2.37. The van der Waals surface area contributed by atoms with E-state index in [9.17, 15) is 14.3 Å². The van der Waals surface area contributed by atoms with Gasteiger partial charge in [0.25, 0.3) is 5.91 Å². The number of hydrogen-bond acceptors (Lipinski definition) is 3. The zero-order valence-corrected chi connectivity index (χ0v) is 10.3. The Bertz CT molecular complexity index is 622. The quantitative estimate of drug-likeness (QED) is 0.903. The van der Waals surface area contributed by atoms with Crippen molar-refractivity contribution in [1.82, 2.24) is 4.90 Å². The number of amides is 1. The number of carbonyl (C=O) groups excluding carboxylic acids is 1. The maximum atomic E-state index is 13.5. The van der Waals surface area contributed by atoms with Crippen LogP contribution in [0.5, 0.6) is 0 Å². The molecule has 1 aliphatic heterocycles. The van der Waals surface area contributed by atoms with Gasteiger partial charge in [0.05, 0.1) is 12.6 Å². The molecule has 1 aromatic heterocycles. The van der Waals surface area contributed by atoms with Crippen LogP contribution < -0.4 is 0 Å². The summed E-state index contributed by atoms with van der Waals surface area (Å²) in [6, 6.07) is 5.96. The molecule has 0 saturated carbocycles. The van der Waals surface area contributed by atoms with E-state index in [0.29, 0.717) is 11.9 Å². The van der Waals surface area contributed by atoms with Gasteiger partial charge in [-0.2, -0.15) is 0 Å². The van der Waals surface area contributed by atoms with E-state index in [1.807, 2.05) is 0 Å². The molecule has 1 aromatic carbocycles. The fourth-order valence-corrected chi connectivity index (χ4v) is 2.57. The minimum Gasteiger partial charge on any atom is -0.448 e. The molecule has 3 rings (SSSR count). The minimum atomic E-state index is -0.475. The molecule has 1 amide bonds. The largest absolute Gasteiger partial charge is 0.448 e. The number of rotatable bonds is 2. The summed E-state index contributed by atoms with van der Waals surface area (Å²) in [5.74, 6) is -0.635. The van der Waals surface area contributed by atoms with Crippen LogP contribution in [0.3, 0.4) is 0 Å². The second-order valence-electron chi connectivity index (χ2n) is 4.75. The zero-order valence-electron chi connectivity index (χ0n) is 10.3. The molecular formula is C14H14FNO3. The highest BCUT2D eigenvalue weighted by molar-refractivity contribution is 5.96. The molecule has 1 saturated heterocycles. The Balaban J connectivity index is 1.95. The van der Waals surface area contributed by atoms with Crippen LogP contribution in [-0.2, 0) is 0 Å². The minimum absolute atomic E-state index is 0.0552. The van der Waals surface area contributed by atoms with E-state index in [1.54, 1.807) is 23.1 Å². The molecule has 5 heteroatoms. The first kappa shape index (κ1) is 12.2. The summed E-state index contributed by atoms with van der Waals surface area (Å²) in [5.41, 5.74) is 0.102. The predicted molar refractivity (Wildman–Crippen MR) is 67.3 cm³/mol. The number of carbonyl (C=O) groups is 1. The van der Waals surface area contributed by atoms with Crippen LogP contribution in [-0.4, -0.2) is 35.1 Å². The molecule has 0 aliphatic carbocycles. The van der Waals surface area contributed by atoms with Crippen molar-refractivity contribution < 1.29 is 18.7 Å². The third-order valence-electron chi connectivity index (χ3n) is 3.56. The number of benzene rings is 1. The number of hydrogen-bond donors (Lipinski definition) is 1. The number of likely N-dealkylation sites (tertiary alicyclic amines) is 1. The molecule has 100 valence electrons. The van der Waals surface area contributed by atoms with Crippen LogP contribution in [0.4, 0.5) is 4.39 Å². The van der Waals surface area contributed by atoms with Crippen molar-refractivity contribution in [3.05, 3.63) is 35.8 Å². The van der Waals surface area contributed by atoms with Crippen LogP contribution in [0.2, 0.25) is 0 Å². The third-order valence-corrected chi connectivity index (χ3v) is 3.56. The third kappa shape index (κ3) is 2.00. The molecule has 1 fully saturated rings. The van der Waals surface area contributed by atoms with Crippen molar-refractivity contribution in [3.63, 3.8) is 0 Å². The molecule has 2 heterocycles. The average molecular weight is 263 g/mol. The summed E-state index contributed by atoms with van der Waals surface area (Å²) >= 11 is 0. The standard InChI is InChI=1S/C14H14FNO3/c15-11-5-1-3-9-7-12(19-13(9)11)14(18)16-6-2-4-10(16)8-17/h1,3,5,7,10,17H,2,4,6,8H2/t10-/m1/s1. The maximum absolute atomic E-state index is 13.5. The van der Waals surface area contributed by atoms with E-state index >= 15 is 0 Å². The Hall–Kier alpha value is -1.88.